The van der Waals surface area contributed by atoms with Gasteiger partial charge in [-0.2, -0.15) is 4.98 Å². The summed E-state index contributed by atoms with van der Waals surface area (Å²) < 4.78 is 49.0. The van der Waals surface area contributed by atoms with Crippen LogP contribution >= 0.6 is 0 Å². The number of carbonyl (C=O) groups excluding carboxylic acids is 1. The fourth-order valence-electron chi connectivity index (χ4n) is 4.48. The van der Waals surface area contributed by atoms with E-state index in [4.69, 9.17) is 14.4 Å². The number of fused-ring (bicyclic) bond motifs is 1. The molecule has 0 aliphatic carbocycles. The van der Waals surface area contributed by atoms with Crippen LogP contribution in [0.25, 0.3) is 10.9 Å². The van der Waals surface area contributed by atoms with Gasteiger partial charge in [-0.25, -0.2) is 27.9 Å². The lowest BCUT2D eigenvalue weighted by molar-refractivity contribution is 0.0978. The van der Waals surface area contributed by atoms with Crippen molar-refractivity contribution in [2.24, 2.45) is 5.14 Å². The molecule has 0 unspecified atom stereocenters. The fourth-order valence-corrected chi connectivity index (χ4v) is 5.00. The fraction of sp³-hybridized carbons (Fsp3) is 0.385. The molecule has 5 rings (SSSR count). The maximum Gasteiger partial charge on any atom is 0.324 e. The Hall–Kier alpha value is -4.04. The van der Waals surface area contributed by atoms with Crippen molar-refractivity contribution in [3.8, 4) is 5.88 Å². The molecule has 0 atom stereocenters. The molecule has 0 spiro atoms. The molecular formula is C26H28FN7O5S. The molecule has 0 radical (unpaired) electrons. The van der Waals surface area contributed by atoms with Crippen LogP contribution in [0.1, 0.15) is 60.9 Å². The van der Waals surface area contributed by atoms with Crippen molar-refractivity contribution in [2.75, 3.05) is 18.0 Å². The number of rotatable bonds is 9. The van der Waals surface area contributed by atoms with Gasteiger partial charge in [0, 0.05) is 44.5 Å². The molecule has 40 heavy (non-hydrogen) atoms. The van der Waals surface area contributed by atoms with Crippen molar-refractivity contribution < 1.29 is 26.9 Å². The second-order valence-corrected chi connectivity index (χ2v) is 11.4. The Balaban J connectivity index is 1.25. The Bertz CT molecular complexity index is 1650. The highest BCUT2D eigenvalue weighted by Crippen LogP contribution is 2.28. The molecule has 1 aliphatic heterocycles. The molecule has 0 amide bonds. The Morgan fingerprint density at radius 3 is 2.65 bits per heavy atom. The van der Waals surface area contributed by atoms with Crippen LogP contribution < -0.4 is 14.8 Å². The van der Waals surface area contributed by atoms with E-state index in [-0.39, 0.29) is 30.4 Å². The molecule has 0 saturated carbocycles. The molecule has 14 heteroatoms. The highest BCUT2D eigenvalue weighted by molar-refractivity contribution is 7.89. The largest absolute Gasteiger partial charge is 0.474 e. The van der Waals surface area contributed by atoms with Crippen LogP contribution in [0.3, 0.4) is 0 Å². The van der Waals surface area contributed by atoms with Crippen LogP contribution in [0, 0.1) is 5.82 Å². The van der Waals surface area contributed by atoms with E-state index in [1.54, 1.807) is 12.3 Å². The zero-order valence-electron chi connectivity index (χ0n) is 21.9. The molecule has 2 N–H and O–H groups in total. The number of ketones is 1. The van der Waals surface area contributed by atoms with Gasteiger partial charge in [0.05, 0.1) is 27.1 Å². The van der Waals surface area contributed by atoms with E-state index in [2.05, 4.69) is 25.1 Å². The Morgan fingerprint density at radius 2 is 1.98 bits per heavy atom. The minimum absolute atomic E-state index is 0.0649. The molecule has 1 saturated heterocycles. The summed E-state index contributed by atoms with van der Waals surface area (Å²) >= 11 is 0. The lowest BCUT2D eigenvalue weighted by Crippen LogP contribution is -2.38. The Morgan fingerprint density at radius 1 is 1.20 bits per heavy atom. The summed E-state index contributed by atoms with van der Waals surface area (Å²) in [4.78, 5) is 31.9. The van der Waals surface area contributed by atoms with E-state index in [0.29, 0.717) is 47.4 Å². The lowest BCUT2D eigenvalue weighted by atomic mass is 10.0. The monoisotopic (exact) mass is 569 g/mol. The van der Waals surface area contributed by atoms with Crippen molar-refractivity contribution in [1.82, 2.24) is 25.1 Å². The van der Waals surface area contributed by atoms with E-state index in [0.717, 1.165) is 31.0 Å². The number of hydrogen-bond acceptors (Lipinski definition) is 11. The number of anilines is 1. The Labute approximate surface area is 229 Å². The lowest BCUT2D eigenvalue weighted by Gasteiger charge is -2.30. The molecule has 4 aromatic rings. The van der Waals surface area contributed by atoms with Crippen molar-refractivity contribution in [1.29, 1.82) is 0 Å². The first-order valence-electron chi connectivity index (χ1n) is 12.8. The third-order valence-corrected chi connectivity index (χ3v) is 7.60. The van der Waals surface area contributed by atoms with Gasteiger partial charge in [-0.05, 0) is 30.7 Å². The zero-order valence-corrected chi connectivity index (χ0v) is 22.8. The molecule has 0 bridgehead atoms. The average Bonchev–Trinajstić information content (AvgIpc) is 3.43. The van der Waals surface area contributed by atoms with Crippen molar-refractivity contribution >= 4 is 32.7 Å². The topological polar surface area (TPSA) is 167 Å². The number of halogens is 1. The summed E-state index contributed by atoms with van der Waals surface area (Å²) in [6.07, 6.45) is 4.47. The molecular weight excluding hydrogens is 541 g/mol. The number of ether oxygens (including phenoxy) is 1. The highest BCUT2D eigenvalue weighted by Gasteiger charge is 2.26. The van der Waals surface area contributed by atoms with Gasteiger partial charge < -0.3 is 14.2 Å². The van der Waals surface area contributed by atoms with E-state index in [9.17, 15) is 17.6 Å². The van der Waals surface area contributed by atoms with Crippen LogP contribution in [-0.4, -0.2) is 58.5 Å². The second kappa shape index (κ2) is 11.2. The summed E-state index contributed by atoms with van der Waals surface area (Å²) in [6.45, 7) is 5.40. The maximum absolute atomic E-state index is 14.4. The summed E-state index contributed by atoms with van der Waals surface area (Å²) in [7, 11) is -4.08. The minimum atomic E-state index is -4.08. The number of nitrogens with zero attached hydrogens (tertiary/aromatic N) is 6. The van der Waals surface area contributed by atoms with Crippen LogP contribution in [0.5, 0.6) is 5.88 Å². The van der Waals surface area contributed by atoms with Crippen LogP contribution in [-0.2, 0) is 16.4 Å². The smallest absolute Gasteiger partial charge is 0.324 e. The second-order valence-electron chi connectivity index (χ2n) is 9.84. The molecule has 1 aromatic carbocycles. The molecule has 1 fully saturated rings. The average molecular weight is 570 g/mol. The number of aromatic nitrogens is 5. The Kier molecular flexibility index (Phi) is 7.72. The number of benzene rings is 1. The van der Waals surface area contributed by atoms with E-state index < -0.39 is 26.5 Å². The predicted molar refractivity (Wildman–Crippen MR) is 142 cm³/mol. The van der Waals surface area contributed by atoms with Gasteiger partial charge in [-0.3, -0.25) is 9.78 Å². The molecule has 12 nitrogen and oxygen atoms in total. The highest BCUT2D eigenvalue weighted by atomic mass is 32.2. The number of hydrogen-bond donors (Lipinski definition) is 1. The third-order valence-electron chi connectivity index (χ3n) is 6.69. The van der Waals surface area contributed by atoms with Gasteiger partial charge in [0.25, 0.3) is 0 Å². The van der Waals surface area contributed by atoms with Gasteiger partial charge in [0.15, 0.2) is 11.6 Å². The van der Waals surface area contributed by atoms with Crippen molar-refractivity contribution in [3.05, 3.63) is 59.7 Å². The molecule has 3 aromatic heterocycles. The van der Waals surface area contributed by atoms with Crippen LogP contribution in [0.2, 0.25) is 0 Å². The summed E-state index contributed by atoms with van der Waals surface area (Å²) in [6, 6.07) is 5.23. The summed E-state index contributed by atoms with van der Waals surface area (Å²) in [5, 5.41) is 9.72. The third kappa shape index (κ3) is 5.92. The van der Waals surface area contributed by atoms with E-state index >= 15 is 0 Å². The number of Topliss-reactive ketones (excluding diaryl/α,β-unsaturated/α-hetero) is 1. The van der Waals surface area contributed by atoms with Crippen LogP contribution in [0.15, 0.2) is 46.2 Å². The first kappa shape index (κ1) is 27.5. The molecule has 210 valence electrons. The molecule has 4 heterocycles. The number of pyridine rings is 1. The number of sulfonamides is 1. The van der Waals surface area contributed by atoms with Crippen molar-refractivity contribution in [2.45, 2.75) is 56.4 Å². The van der Waals surface area contributed by atoms with Gasteiger partial charge in [-0.1, -0.05) is 19.0 Å². The first-order chi connectivity index (χ1) is 19.1. The number of piperidine rings is 1. The van der Waals surface area contributed by atoms with Gasteiger partial charge >= 0.3 is 6.01 Å². The summed E-state index contributed by atoms with van der Waals surface area (Å²) in [5.74, 6) is -0.172. The number of carbonyl (C=O) groups is 1. The normalized spacial score (nSPS) is 14.7. The van der Waals surface area contributed by atoms with E-state index in [1.807, 2.05) is 18.7 Å². The first-order valence-corrected chi connectivity index (χ1v) is 14.3. The summed E-state index contributed by atoms with van der Waals surface area (Å²) in [5.41, 5.74) is 0.847. The van der Waals surface area contributed by atoms with Crippen molar-refractivity contribution in [3.63, 3.8) is 0 Å². The quantitative estimate of drug-likeness (QED) is 0.294. The van der Waals surface area contributed by atoms with Crippen LogP contribution in [0.4, 0.5) is 10.4 Å². The molecule has 1 aliphatic rings. The number of aryl methyl sites for hydroxylation is 1. The van der Waals surface area contributed by atoms with Gasteiger partial charge in [0.1, 0.15) is 18.2 Å². The number of primary sulfonamides is 1. The van der Waals surface area contributed by atoms with Gasteiger partial charge in [0.2, 0.25) is 15.9 Å². The predicted octanol–water partition coefficient (Wildman–Crippen LogP) is 3.18. The number of nitrogens with two attached hydrogens (primary N) is 1. The minimum Gasteiger partial charge on any atom is -0.474 e. The maximum atomic E-state index is 14.4. The van der Waals surface area contributed by atoms with E-state index in [1.165, 1.54) is 6.33 Å². The SMILES string of the molecule is CC(C)c1noc(N2CCC(Oc3ncnc4c(CCC(=O)c5ccc(S(N)(=O)=O)cc5F)nccc34)CC2)n1. The zero-order chi connectivity index (χ0) is 28.4. The van der Waals surface area contributed by atoms with Gasteiger partial charge in [-0.15, -0.1) is 0 Å². The standard InChI is InChI=1S/C26H28FN7O5S/c1-15(2)24-32-26(39-33-24)34-11-8-16(9-12-34)38-25-19-7-10-29-21(23(19)30-14-31-25)5-6-22(35)18-4-3-17(13-20(18)27)40(28,36)37/h3-4,7,10,13-16H,5-6,8-9,11-12H2,1-2H3,(H2,28,36,37).